The molecule has 0 unspecified atom stereocenters. The molecule has 0 bridgehead atoms. The Morgan fingerprint density at radius 1 is 1.06 bits per heavy atom. The van der Waals surface area contributed by atoms with Crippen molar-refractivity contribution < 1.29 is 0 Å². The van der Waals surface area contributed by atoms with E-state index in [4.69, 9.17) is 0 Å². The van der Waals surface area contributed by atoms with Crippen LogP contribution in [0.2, 0.25) is 0 Å². The van der Waals surface area contributed by atoms with Crippen LogP contribution >= 0.6 is 0 Å². The molecule has 1 aromatic carbocycles. The third-order valence-corrected chi connectivity index (χ3v) is 2.90. The van der Waals surface area contributed by atoms with E-state index in [1.165, 1.54) is 5.56 Å². The van der Waals surface area contributed by atoms with Gasteiger partial charge in [0, 0.05) is 5.41 Å². The summed E-state index contributed by atoms with van der Waals surface area (Å²) in [6.45, 7) is 14.6. The maximum atomic E-state index is 4.15. The van der Waals surface area contributed by atoms with Gasteiger partial charge in [0.2, 0.25) is 0 Å². The van der Waals surface area contributed by atoms with E-state index in [0.29, 0.717) is 0 Å². The quantitative estimate of drug-likeness (QED) is 0.596. The lowest BCUT2D eigenvalue weighted by Gasteiger charge is -2.26. The highest BCUT2D eigenvalue weighted by atomic mass is 14.2. The Bertz CT molecular complexity index is 391. The molecule has 1 aromatic rings. The van der Waals surface area contributed by atoms with Crippen LogP contribution in [0.3, 0.4) is 0 Å². The SMILES string of the molecule is C=C(/C=C\C=C/C)C(C)(C)c1ccccc1.CC. The largest absolute Gasteiger partial charge is 0.0949 e. The fourth-order valence-electron chi connectivity index (χ4n) is 1.53. The van der Waals surface area contributed by atoms with Crippen molar-refractivity contribution in [3.05, 3.63) is 72.4 Å². The minimum Gasteiger partial charge on any atom is -0.0949 e. The Balaban J connectivity index is 0.00000137. The standard InChI is InChI=1S/C16H20.C2H6/c1-5-6-8-11-14(2)16(3,4)15-12-9-7-10-13-15;1-2/h5-13H,2H2,1,3-4H3;1-2H3/b6-5-,11-8-;. The number of benzene rings is 1. The number of allylic oxidation sites excluding steroid dienone is 5. The fraction of sp³-hybridized carbons (Fsp3) is 0.333. The van der Waals surface area contributed by atoms with E-state index < -0.39 is 0 Å². The zero-order valence-electron chi connectivity index (χ0n) is 12.4. The van der Waals surface area contributed by atoms with Crippen LogP contribution in [0, 0.1) is 0 Å². The minimum atomic E-state index is -0.0145. The van der Waals surface area contributed by atoms with Crippen LogP contribution in [0.4, 0.5) is 0 Å². The molecule has 0 nitrogen and oxygen atoms in total. The van der Waals surface area contributed by atoms with Crippen molar-refractivity contribution >= 4 is 0 Å². The summed E-state index contributed by atoms with van der Waals surface area (Å²) in [4.78, 5) is 0. The van der Waals surface area contributed by atoms with Gasteiger partial charge in [0.15, 0.2) is 0 Å². The van der Waals surface area contributed by atoms with Crippen LogP contribution in [0.5, 0.6) is 0 Å². The van der Waals surface area contributed by atoms with Crippen molar-refractivity contribution in [3.8, 4) is 0 Å². The first kappa shape index (κ1) is 16.4. The second-order valence-corrected chi connectivity index (χ2v) is 4.40. The lowest BCUT2D eigenvalue weighted by molar-refractivity contribution is 0.642. The number of hydrogen-bond donors (Lipinski definition) is 0. The van der Waals surface area contributed by atoms with Crippen molar-refractivity contribution in [2.24, 2.45) is 0 Å². The van der Waals surface area contributed by atoms with E-state index in [0.717, 1.165) is 5.57 Å². The lowest BCUT2D eigenvalue weighted by Crippen LogP contribution is -2.18. The smallest absolute Gasteiger partial charge is 0.0140 e. The highest BCUT2D eigenvalue weighted by Crippen LogP contribution is 2.30. The molecule has 0 radical (unpaired) electrons. The molecule has 1 rings (SSSR count). The minimum absolute atomic E-state index is 0.0145. The van der Waals surface area contributed by atoms with Gasteiger partial charge in [-0.15, -0.1) is 0 Å². The Morgan fingerprint density at radius 3 is 2.11 bits per heavy atom. The maximum Gasteiger partial charge on any atom is 0.0140 e. The summed E-state index contributed by atoms with van der Waals surface area (Å²) >= 11 is 0. The highest BCUT2D eigenvalue weighted by molar-refractivity contribution is 5.38. The third kappa shape index (κ3) is 4.75. The molecule has 0 fully saturated rings. The van der Waals surface area contributed by atoms with Gasteiger partial charge in [0.25, 0.3) is 0 Å². The molecule has 0 aromatic heterocycles. The van der Waals surface area contributed by atoms with Crippen molar-refractivity contribution in [3.63, 3.8) is 0 Å². The molecule has 0 saturated heterocycles. The van der Waals surface area contributed by atoms with Gasteiger partial charge >= 0.3 is 0 Å². The normalized spacial score (nSPS) is 11.4. The van der Waals surface area contributed by atoms with Gasteiger partial charge in [-0.1, -0.05) is 88.9 Å². The van der Waals surface area contributed by atoms with Gasteiger partial charge in [-0.05, 0) is 18.1 Å². The monoisotopic (exact) mass is 242 g/mol. The first-order chi connectivity index (χ1) is 8.59. The number of hydrogen-bond acceptors (Lipinski definition) is 0. The molecule has 0 aliphatic heterocycles. The van der Waals surface area contributed by atoms with E-state index in [1.54, 1.807) is 0 Å². The summed E-state index contributed by atoms with van der Waals surface area (Å²) < 4.78 is 0. The summed E-state index contributed by atoms with van der Waals surface area (Å²) in [5, 5.41) is 0. The van der Waals surface area contributed by atoms with Gasteiger partial charge in [-0.3, -0.25) is 0 Å². The predicted molar refractivity (Wildman–Crippen MR) is 83.9 cm³/mol. The Morgan fingerprint density at radius 2 is 1.61 bits per heavy atom. The van der Waals surface area contributed by atoms with Crippen molar-refractivity contribution in [1.82, 2.24) is 0 Å². The zero-order valence-corrected chi connectivity index (χ0v) is 12.4. The molecule has 0 saturated carbocycles. The Labute approximate surface area is 113 Å². The molecule has 0 heterocycles. The average Bonchev–Trinajstić information content (AvgIpc) is 2.42. The first-order valence-electron chi connectivity index (χ1n) is 6.63. The van der Waals surface area contributed by atoms with Crippen LogP contribution in [-0.2, 0) is 5.41 Å². The van der Waals surface area contributed by atoms with Gasteiger partial charge in [-0.25, -0.2) is 0 Å². The van der Waals surface area contributed by atoms with Crippen molar-refractivity contribution in [2.75, 3.05) is 0 Å². The van der Waals surface area contributed by atoms with Gasteiger partial charge in [0.1, 0.15) is 0 Å². The molecule has 0 atom stereocenters. The molecule has 0 spiro atoms. The van der Waals surface area contributed by atoms with E-state index >= 15 is 0 Å². The molecule has 0 amide bonds. The van der Waals surface area contributed by atoms with E-state index in [1.807, 2.05) is 45.1 Å². The third-order valence-electron chi connectivity index (χ3n) is 2.90. The second kappa shape index (κ2) is 8.52. The predicted octanol–water partition coefficient (Wildman–Crippen LogP) is 5.68. The average molecular weight is 242 g/mol. The van der Waals surface area contributed by atoms with Gasteiger partial charge in [0.05, 0.1) is 0 Å². The Hall–Kier alpha value is -1.56. The Kier molecular flexibility index (Phi) is 7.78. The highest BCUT2D eigenvalue weighted by Gasteiger charge is 2.21. The summed E-state index contributed by atoms with van der Waals surface area (Å²) in [6.07, 6.45) is 8.14. The van der Waals surface area contributed by atoms with Gasteiger partial charge in [-0.2, -0.15) is 0 Å². The van der Waals surface area contributed by atoms with Crippen LogP contribution < -0.4 is 0 Å². The molecule has 18 heavy (non-hydrogen) atoms. The first-order valence-corrected chi connectivity index (χ1v) is 6.63. The van der Waals surface area contributed by atoms with Crippen LogP contribution in [0.15, 0.2) is 66.8 Å². The zero-order chi connectivity index (χ0) is 14.0. The summed E-state index contributed by atoms with van der Waals surface area (Å²) in [6, 6.07) is 10.5. The van der Waals surface area contributed by atoms with E-state index in [2.05, 4.69) is 50.8 Å². The summed E-state index contributed by atoms with van der Waals surface area (Å²) in [5.74, 6) is 0. The van der Waals surface area contributed by atoms with Crippen LogP contribution in [0.1, 0.15) is 40.2 Å². The molecule has 0 aliphatic rings. The van der Waals surface area contributed by atoms with Crippen molar-refractivity contribution in [1.29, 1.82) is 0 Å². The summed E-state index contributed by atoms with van der Waals surface area (Å²) in [5.41, 5.74) is 2.40. The number of rotatable bonds is 4. The second-order valence-electron chi connectivity index (χ2n) is 4.40. The maximum absolute atomic E-state index is 4.15. The van der Waals surface area contributed by atoms with Crippen LogP contribution in [-0.4, -0.2) is 0 Å². The van der Waals surface area contributed by atoms with Crippen molar-refractivity contribution in [2.45, 2.75) is 40.0 Å². The molecule has 98 valence electrons. The molecule has 0 aliphatic carbocycles. The van der Waals surface area contributed by atoms with Gasteiger partial charge < -0.3 is 0 Å². The van der Waals surface area contributed by atoms with E-state index in [-0.39, 0.29) is 5.41 Å². The molecular weight excluding hydrogens is 216 g/mol. The van der Waals surface area contributed by atoms with E-state index in [9.17, 15) is 0 Å². The molecule has 0 heteroatoms. The lowest BCUT2D eigenvalue weighted by atomic mass is 9.78. The molecule has 0 N–H and O–H groups in total. The summed E-state index contributed by atoms with van der Waals surface area (Å²) in [7, 11) is 0. The topological polar surface area (TPSA) is 0 Å². The fourth-order valence-corrected chi connectivity index (χ4v) is 1.53. The molecular formula is C18H26. The van der Waals surface area contributed by atoms with Crippen LogP contribution in [0.25, 0.3) is 0 Å².